The number of esters is 3. The Morgan fingerprint density at radius 2 is 0.780 bits per heavy atom. The van der Waals surface area contributed by atoms with Gasteiger partial charge in [-0.3, -0.25) is 14.4 Å². The van der Waals surface area contributed by atoms with Gasteiger partial charge in [0, 0.05) is 12.8 Å². The zero-order valence-corrected chi connectivity index (χ0v) is 32.4. The van der Waals surface area contributed by atoms with Crippen molar-refractivity contribution in [3.8, 4) is 0 Å². The zero-order valence-electron chi connectivity index (χ0n) is 32.4. The van der Waals surface area contributed by atoms with E-state index in [2.05, 4.69) is 69.4 Å². The van der Waals surface area contributed by atoms with Gasteiger partial charge in [0.05, 0.1) is 6.42 Å². The van der Waals surface area contributed by atoms with Gasteiger partial charge in [-0.2, -0.15) is 0 Å². The van der Waals surface area contributed by atoms with E-state index in [1.54, 1.807) is 6.08 Å². The average molecular weight is 699 g/mol. The Morgan fingerprint density at radius 3 is 1.22 bits per heavy atom. The molecule has 0 rings (SSSR count). The monoisotopic (exact) mass is 699 g/mol. The van der Waals surface area contributed by atoms with E-state index in [0.29, 0.717) is 12.8 Å². The summed E-state index contributed by atoms with van der Waals surface area (Å²) in [6.45, 7) is 6.31. The van der Waals surface area contributed by atoms with Crippen molar-refractivity contribution < 1.29 is 28.6 Å². The van der Waals surface area contributed by atoms with Gasteiger partial charge in [0.1, 0.15) is 13.2 Å². The largest absolute Gasteiger partial charge is 0.462 e. The minimum Gasteiger partial charge on any atom is -0.462 e. The Bertz CT molecular complexity index is 944. The summed E-state index contributed by atoms with van der Waals surface area (Å²) in [6.07, 6.45) is 45.4. The van der Waals surface area contributed by atoms with E-state index in [1.807, 2.05) is 6.08 Å². The maximum absolute atomic E-state index is 12.6. The highest BCUT2D eigenvalue weighted by molar-refractivity contribution is 5.72. The van der Waals surface area contributed by atoms with Crippen LogP contribution in [-0.4, -0.2) is 37.2 Å². The first kappa shape index (κ1) is 47.1. The predicted molar refractivity (Wildman–Crippen MR) is 210 cm³/mol. The fourth-order valence-electron chi connectivity index (χ4n) is 5.28. The molecule has 0 spiro atoms. The molecule has 1 unspecified atom stereocenters. The van der Waals surface area contributed by atoms with E-state index in [1.165, 1.54) is 57.8 Å². The second-order valence-corrected chi connectivity index (χ2v) is 13.2. The molecular weight excluding hydrogens is 624 g/mol. The summed E-state index contributed by atoms with van der Waals surface area (Å²) >= 11 is 0. The van der Waals surface area contributed by atoms with Crippen molar-refractivity contribution in [1.82, 2.24) is 0 Å². The van der Waals surface area contributed by atoms with Crippen molar-refractivity contribution in [1.29, 1.82) is 0 Å². The third-order valence-corrected chi connectivity index (χ3v) is 8.32. The normalized spacial score (nSPS) is 12.6. The SMILES string of the molecule is CC/C=C\C/C=C\C/C=C\C/C=C\C/C=C\CC(=O)OCC(COC(=O)CCCCCCC)OC(=O)CCCCCCCCCCCCCC. The number of hydrogen-bond acceptors (Lipinski definition) is 6. The number of unbranched alkanes of at least 4 members (excludes halogenated alkanes) is 15. The van der Waals surface area contributed by atoms with E-state index in [9.17, 15) is 14.4 Å². The molecule has 0 aliphatic carbocycles. The van der Waals surface area contributed by atoms with Crippen LogP contribution >= 0.6 is 0 Å². The number of ether oxygens (including phenoxy) is 3. The Hall–Kier alpha value is -2.89. The van der Waals surface area contributed by atoms with Gasteiger partial charge in [-0.25, -0.2) is 0 Å². The molecule has 0 aromatic heterocycles. The van der Waals surface area contributed by atoms with Crippen LogP contribution in [0.15, 0.2) is 60.8 Å². The standard InChI is InChI=1S/C44H74O6/c1-4-7-10-13-15-17-19-21-22-23-25-26-28-31-34-37-43(46)49-40-41(39-48-42(45)36-33-30-12-9-6-3)50-44(47)38-35-32-29-27-24-20-18-16-14-11-8-5-2/h7,10,15,17,21-22,25-26,31,34,41H,4-6,8-9,11-14,16,18-20,23-24,27-30,32-33,35-40H2,1-3H3/b10-7-,17-15-,22-21-,26-25-,34-31-. The number of carbonyl (C=O) groups is 3. The van der Waals surface area contributed by atoms with Crippen molar-refractivity contribution in [3.63, 3.8) is 0 Å². The molecule has 50 heavy (non-hydrogen) atoms. The van der Waals surface area contributed by atoms with E-state index in [4.69, 9.17) is 14.2 Å². The van der Waals surface area contributed by atoms with Crippen LogP contribution in [0.3, 0.4) is 0 Å². The molecule has 0 heterocycles. The smallest absolute Gasteiger partial charge is 0.309 e. The third-order valence-electron chi connectivity index (χ3n) is 8.32. The fraction of sp³-hybridized carbons (Fsp3) is 0.705. The molecule has 0 N–H and O–H groups in total. The Kier molecular flexibility index (Phi) is 36.7. The average Bonchev–Trinajstić information content (AvgIpc) is 3.11. The highest BCUT2D eigenvalue weighted by atomic mass is 16.6. The predicted octanol–water partition coefficient (Wildman–Crippen LogP) is 12.6. The van der Waals surface area contributed by atoms with Crippen LogP contribution in [0.4, 0.5) is 0 Å². The topological polar surface area (TPSA) is 78.9 Å². The van der Waals surface area contributed by atoms with Crippen molar-refractivity contribution in [2.45, 2.75) is 187 Å². The van der Waals surface area contributed by atoms with Crippen molar-refractivity contribution in [2.24, 2.45) is 0 Å². The molecule has 0 amide bonds. The fourth-order valence-corrected chi connectivity index (χ4v) is 5.28. The number of allylic oxidation sites excluding steroid dienone is 9. The molecule has 0 aromatic rings. The van der Waals surface area contributed by atoms with E-state index < -0.39 is 12.1 Å². The molecule has 286 valence electrons. The van der Waals surface area contributed by atoms with Crippen LogP contribution in [0.1, 0.15) is 181 Å². The molecule has 0 aromatic carbocycles. The minimum atomic E-state index is -0.804. The first-order chi connectivity index (χ1) is 24.5. The number of carbonyl (C=O) groups excluding carboxylic acids is 3. The lowest BCUT2D eigenvalue weighted by molar-refractivity contribution is -0.166. The van der Waals surface area contributed by atoms with E-state index in [-0.39, 0.29) is 31.6 Å². The molecule has 1 atom stereocenters. The van der Waals surface area contributed by atoms with Crippen LogP contribution in [0.2, 0.25) is 0 Å². The molecule has 0 saturated heterocycles. The minimum absolute atomic E-state index is 0.104. The second-order valence-electron chi connectivity index (χ2n) is 13.2. The quantitative estimate of drug-likeness (QED) is 0.0284. The highest BCUT2D eigenvalue weighted by Crippen LogP contribution is 2.13. The Balaban J connectivity index is 4.42. The summed E-state index contributed by atoms with van der Waals surface area (Å²) in [7, 11) is 0. The molecule has 0 aliphatic heterocycles. The number of rotatable bonds is 35. The first-order valence-corrected chi connectivity index (χ1v) is 20.3. The summed E-state index contributed by atoms with van der Waals surface area (Å²) < 4.78 is 16.4. The molecule has 0 radical (unpaired) electrons. The van der Waals surface area contributed by atoms with Crippen LogP contribution in [0.25, 0.3) is 0 Å². The molecule has 0 saturated carbocycles. The van der Waals surface area contributed by atoms with Crippen LogP contribution in [0.5, 0.6) is 0 Å². The van der Waals surface area contributed by atoms with Gasteiger partial charge in [-0.05, 0) is 44.9 Å². The van der Waals surface area contributed by atoms with Gasteiger partial charge in [-0.15, -0.1) is 0 Å². The zero-order chi connectivity index (χ0) is 36.6. The molecule has 6 nitrogen and oxygen atoms in total. The van der Waals surface area contributed by atoms with Crippen LogP contribution in [0, 0.1) is 0 Å². The summed E-state index contributed by atoms with van der Waals surface area (Å²) in [6, 6.07) is 0. The Morgan fingerprint density at radius 1 is 0.420 bits per heavy atom. The lowest BCUT2D eigenvalue weighted by atomic mass is 10.0. The lowest BCUT2D eigenvalue weighted by Crippen LogP contribution is -2.30. The molecule has 6 heteroatoms. The summed E-state index contributed by atoms with van der Waals surface area (Å²) in [5, 5.41) is 0. The van der Waals surface area contributed by atoms with Crippen molar-refractivity contribution in [3.05, 3.63) is 60.8 Å². The molecule has 0 bridgehead atoms. The first-order valence-electron chi connectivity index (χ1n) is 20.3. The van der Waals surface area contributed by atoms with E-state index >= 15 is 0 Å². The van der Waals surface area contributed by atoms with Crippen LogP contribution < -0.4 is 0 Å². The molecule has 0 fully saturated rings. The summed E-state index contributed by atoms with van der Waals surface area (Å²) in [5.74, 6) is -1.06. The van der Waals surface area contributed by atoms with Gasteiger partial charge in [0.15, 0.2) is 6.10 Å². The van der Waals surface area contributed by atoms with Gasteiger partial charge in [0.25, 0.3) is 0 Å². The van der Waals surface area contributed by atoms with Crippen molar-refractivity contribution in [2.75, 3.05) is 13.2 Å². The van der Waals surface area contributed by atoms with Gasteiger partial charge < -0.3 is 14.2 Å². The summed E-state index contributed by atoms with van der Waals surface area (Å²) in [4.78, 5) is 37.2. The van der Waals surface area contributed by atoms with Gasteiger partial charge >= 0.3 is 17.9 Å². The summed E-state index contributed by atoms with van der Waals surface area (Å²) in [5.41, 5.74) is 0. The highest BCUT2D eigenvalue weighted by Gasteiger charge is 2.19. The van der Waals surface area contributed by atoms with Crippen molar-refractivity contribution >= 4 is 17.9 Å². The molecular formula is C44H74O6. The van der Waals surface area contributed by atoms with Gasteiger partial charge in [0.2, 0.25) is 0 Å². The maximum Gasteiger partial charge on any atom is 0.309 e. The van der Waals surface area contributed by atoms with E-state index in [0.717, 1.165) is 83.5 Å². The third kappa shape index (κ3) is 36.4. The second kappa shape index (κ2) is 38.9. The van der Waals surface area contributed by atoms with Crippen LogP contribution in [-0.2, 0) is 28.6 Å². The maximum atomic E-state index is 12.6. The number of hydrogen-bond donors (Lipinski definition) is 0. The Labute approximate surface area is 307 Å². The lowest BCUT2D eigenvalue weighted by Gasteiger charge is -2.18. The van der Waals surface area contributed by atoms with Gasteiger partial charge in [-0.1, -0.05) is 178 Å². The molecule has 0 aliphatic rings.